The third-order valence-corrected chi connectivity index (χ3v) is 9.83. The Bertz CT molecular complexity index is 811. The van der Waals surface area contributed by atoms with Crippen molar-refractivity contribution in [2.24, 2.45) is 17.8 Å². The quantitative estimate of drug-likeness (QED) is 0.473. The molecule has 0 saturated carbocycles. The number of likely N-dealkylation sites (tertiary alicyclic amines) is 1. The highest BCUT2D eigenvalue weighted by Gasteiger charge is 2.41. The lowest BCUT2D eigenvalue weighted by molar-refractivity contribution is -0.139. The van der Waals surface area contributed by atoms with Crippen LogP contribution in [-0.2, 0) is 9.59 Å². The second-order valence-electron chi connectivity index (χ2n) is 10.1. The minimum Gasteiger partial charge on any atom is -0.371 e. The number of nitrogens with one attached hydrogen (secondary N) is 1. The molecule has 3 aliphatic rings. The van der Waals surface area contributed by atoms with Crippen LogP contribution in [0.15, 0.2) is 29.2 Å². The van der Waals surface area contributed by atoms with E-state index in [2.05, 4.69) is 47.9 Å². The molecule has 0 aliphatic carbocycles. The summed E-state index contributed by atoms with van der Waals surface area (Å²) in [7, 11) is 0. The van der Waals surface area contributed by atoms with Gasteiger partial charge in [0.25, 0.3) is 5.91 Å². The Hall–Kier alpha value is -1.38. The standard InChI is InChI=1S/C25H37N3O3S2/c1-18-15-19(2)17-28(16-18)23(29)20-7-11-27(12-8-20)21-3-5-22(6-4-21)33-25(24(30)26-31)9-13-32-14-10-25/h3-6,18-20,31H,7-17H2,1-2H3,(H,26,30). The molecular weight excluding hydrogens is 454 g/mol. The third kappa shape index (κ3) is 5.82. The van der Waals surface area contributed by atoms with E-state index in [9.17, 15) is 14.8 Å². The second kappa shape index (κ2) is 10.9. The predicted octanol–water partition coefficient (Wildman–Crippen LogP) is 4.27. The minimum atomic E-state index is -0.594. The summed E-state index contributed by atoms with van der Waals surface area (Å²) in [5.74, 6) is 3.28. The van der Waals surface area contributed by atoms with Crippen LogP contribution in [0.25, 0.3) is 0 Å². The van der Waals surface area contributed by atoms with Gasteiger partial charge < -0.3 is 9.80 Å². The van der Waals surface area contributed by atoms with E-state index in [0.717, 1.165) is 68.3 Å². The lowest BCUT2D eigenvalue weighted by atomic mass is 9.89. The molecule has 0 aromatic heterocycles. The molecule has 3 saturated heterocycles. The molecule has 8 heteroatoms. The number of anilines is 1. The van der Waals surface area contributed by atoms with Gasteiger partial charge in [-0.3, -0.25) is 14.8 Å². The van der Waals surface area contributed by atoms with Crippen molar-refractivity contribution in [3.63, 3.8) is 0 Å². The van der Waals surface area contributed by atoms with Gasteiger partial charge in [0.05, 0.1) is 0 Å². The fraction of sp³-hybridized carbons (Fsp3) is 0.680. The summed E-state index contributed by atoms with van der Waals surface area (Å²) in [6.07, 6.45) is 4.55. The Labute approximate surface area is 206 Å². The van der Waals surface area contributed by atoms with Crippen molar-refractivity contribution in [1.29, 1.82) is 0 Å². The predicted molar refractivity (Wildman–Crippen MR) is 136 cm³/mol. The van der Waals surface area contributed by atoms with E-state index in [1.165, 1.54) is 12.1 Å². The molecule has 3 fully saturated rings. The highest BCUT2D eigenvalue weighted by atomic mass is 32.2. The second-order valence-corrected chi connectivity index (χ2v) is 12.8. The molecule has 33 heavy (non-hydrogen) atoms. The van der Waals surface area contributed by atoms with Gasteiger partial charge in [0.15, 0.2) is 0 Å². The van der Waals surface area contributed by atoms with Gasteiger partial charge in [-0.2, -0.15) is 11.8 Å². The van der Waals surface area contributed by atoms with E-state index in [1.807, 2.05) is 17.2 Å². The first-order valence-corrected chi connectivity index (χ1v) is 14.2. The molecule has 2 N–H and O–H groups in total. The highest BCUT2D eigenvalue weighted by molar-refractivity contribution is 8.02. The van der Waals surface area contributed by atoms with Crippen LogP contribution in [0.1, 0.15) is 46.0 Å². The Morgan fingerprint density at radius 1 is 1.06 bits per heavy atom. The summed E-state index contributed by atoms with van der Waals surface area (Å²) in [6, 6.07) is 8.42. The van der Waals surface area contributed by atoms with Crippen LogP contribution in [-0.4, -0.2) is 64.4 Å². The van der Waals surface area contributed by atoms with Crippen LogP contribution in [0, 0.1) is 17.8 Å². The molecule has 182 valence electrons. The summed E-state index contributed by atoms with van der Waals surface area (Å²) in [5, 5.41) is 9.26. The number of thioether (sulfide) groups is 2. The van der Waals surface area contributed by atoms with Crippen LogP contribution < -0.4 is 10.4 Å². The minimum absolute atomic E-state index is 0.148. The number of carbonyl (C=O) groups excluding carboxylic acids is 2. The van der Waals surface area contributed by atoms with Gasteiger partial charge in [-0.1, -0.05) is 13.8 Å². The van der Waals surface area contributed by atoms with Gasteiger partial charge in [-0.15, -0.1) is 11.8 Å². The number of piperidine rings is 2. The molecule has 1 aromatic carbocycles. The van der Waals surface area contributed by atoms with Crippen molar-refractivity contribution in [3.8, 4) is 0 Å². The molecule has 0 radical (unpaired) electrons. The maximum absolute atomic E-state index is 13.1. The molecule has 6 nitrogen and oxygen atoms in total. The van der Waals surface area contributed by atoms with E-state index in [1.54, 1.807) is 11.8 Å². The average Bonchev–Trinajstić information content (AvgIpc) is 2.83. The molecule has 3 heterocycles. The Balaban J connectivity index is 1.33. The Morgan fingerprint density at radius 3 is 2.24 bits per heavy atom. The van der Waals surface area contributed by atoms with E-state index >= 15 is 0 Å². The van der Waals surface area contributed by atoms with E-state index in [0.29, 0.717) is 17.7 Å². The van der Waals surface area contributed by atoms with Crippen LogP contribution in [0.3, 0.4) is 0 Å². The fourth-order valence-electron chi connectivity index (χ4n) is 5.61. The van der Waals surface area contributed by atoms with Crippen LogP contribution in [0.5, 0.6) is 0 Å². The van der Waals surface area contributed by atoms with Gasteiger partial charge in [0.2, 0.25) is 5.91 Å². The molecule has 2 atom stereocenters. The lowest BCUT2D eigenvalue weighted by Crippen LogP contribution is -2.47. The number of hydrogen-bond donors (Lipinski definition) is 2. The van der Waals surface area contributed by atoms with Crippen molar-refractivity contribution in [3.05, 3.63) is 24.3 Å². The molecule has 2 amide bonds. The zero-order chi connectivity index (χ0) is 23.4. The number of hydroxylamine groups is 1. The summed E-state index contributed by atoms with van der Waals surface area (Å²) in [4.78, 5) is 31.0. The van der Waals surface area contributed by atoms with Gasteiger partial charge in [-0.25, -0.2) is 5.48 Å². The first-order chi connectivity index (χ1) is 15.9. The van der Waals surface area contributed by atoms with Crippen molar-refractivity contribution < 1.29 is 14.8 Å². The maximum atomic E-state index is 13.1. The highest BCUT2D eigenvalue weighted by Crippen LogP contribution is 2.43. The van der Waals surface area contributed by atoms with Gasteiger partial charge in [0.1, 0.15) is 4.75 Å². The first-order valence-electron chi connectivity index (χ1n) is 12.3. The van der Waals surface area contributed by atoms with E-state index < -0.39 is 4.75 Å². The summed E-state index contributed by atoms with van der Waals surface area (Å²) in [6.45, 7) is 8.14. The van der Waals surface area contributed by atoms with Crippen molar-refractivity contribution in [2.45, 2.75) is 55.6 Å². The van der Waals surface area contributed by atoms with Gasteiger partial charge >= 0.3 is 0 Å². The molecule has 2 unspecified atom stereocenters. The fourth-order valence-corrected chi connectivity index (χ4v) is 8.33. The van der Waals surface area contributed by atoms with Crippen LogP contribution >= 0.6 is 23.5 Å². The third-order valence-electron chi connectivity index (χ3n) is 7.36. The first kappa shape index (κ1) is 24.7. The van der Waals surface area contributed by atoms with Gasteiger partial charge in [0, 0.05) is 42.7 Å². The molecule has 0 spiro atoms. The number of hydrogen-bond acceptors (Lipinski definition) is 6. The zero-order valence-electron chi connectivity index (χ0n) is 19.8. The van der Waals surface area contributed by atoms with Crippen LogP contribution in [0.2, 0.25) is 0 Å². The van der Waals surface area contributed by atoms with Crippen molar-refractivity contribution in [1.82, 2.24) is 10.4 Å². The molecule has 1 aromatic rings. The number of rotatable bonds is 5. The number of amides is 2. The summed E-state index contributed by atoms with van der Waals surface area (Å²) >= 11 is 3.43. The Morgan fingerprint density at radius 2 is 1.67 bits per heavy atom. The Kier molecular flexibility index (Phi) is 8.18. The average molecular weight is 492 g/mol. The molecule has 3 aliphatic heterocycles. The molecule has 4 rings (SSSR count). The van der Waals surface area contributed by atoms with Crippen molar-refractivity contribution >= 4 is 41.0 Å². The smallest absolute Gasteiger partial charge is 0.259 e. The monoisotopic (exact) mass is 491 g/mol. The lowest BCUT2D eigenvalue weighted by Gasteiger charge is -2.39. The maximum Gasteiger partial charge on any atom is 0.259 e. The number of benzene rings is 1. The molecule has 0 bridgehead atoms. The topological polar surface area (TPSA) is 72.9 Å². The summed E-state index contributed by atoms with van der Waals surface area (Å²) in [5.41, 5.74) is 3.06. The van der Waals surface area contributed by atoms with E-state index in [-0.39, 0.29) is 11.8 Å². The largest absolute Gasteiger partial charge is 0.371 e. The van der Waals surface area contributed by atoms with Gasteiger partial charge in [-0.05, 0) is 79.7 Å². The summed E-state index contributed by atoms with van der Waals surface area (Å²) < 4.78 is -0.594. The SMILES string of the molecule is CC1CC(C)CN(C(=O)C2CCN(c3ccc(SC4(C(=O)NO)CCSCC4)cc3)CC2)C1. The number of nitrogens with zero attached hydrogens (tertiary/aromatic N) is 2. The zero-order valence-corrected chi connectivity index (χ0v) is 21.4. The number of carbonyl (C=O) groups is 2. The normalized spacial score (nSPS) is 26.2. The molecular formula is C25H37N3O3S2. The van der Waals surface area contributed by atoms with Crippen LogP contribution in [0.4, 0.5) is 5.69 Å². The van der Waals surface area contributed by atoms with Crippen molar-refractivity contribution in [2.75, 3.05) is 42.6 Å². The van der Waals surface area contributed by atoms with E-state index in [4.69, 9.17) is 0 Å².